The van der Waals surface area contributed by atoms with Gasteiger partial charge in [-0.15, -0.1) is 0 Å². The summed E-state index contributed by atoms with van der Waals surface area (Å²) in [5.74, 6) is -0.185. The van der Waals surface area contributed by atoms with Gasteiger partial charge >= 0.3 is 5.97 Å². The van der Waals surface area contributed by atoms with Crippen LogP contribution in [0.4, 0.5) is 0 Å². The standard InChI is InChI=1S/C21H40O2/c1-4-5-6-7-8-9-10-11-12-13-14-15-16-19(2)17-18-20(3)21(22)23/h18-19H,4-17H2,1-3H3,(H,22,23). The molecule has 23 heavy (non-hydrogen) atoms. The summed E-state index contributed by atoms with van der Waals surface area (Å²) in [6, 6.07) is 0. The Bertz CT molecular complexity index is 307. The van der Waals surface area contributed by atoms with Crippen molar-refractivity contribution in [3.8, 4) is 0 Å². The first-order chi connectivity index (χ1) is 11.1. The van der Waals surface area contributed by atoms with Crippen molar-refractivity contribution in [2.24, 2.45) is 5.92 Å². The third-order valence-electron chi connectivity index (χ3n) is 4.71. The van der Waals surface area contributed by atoms with Gasteiger partial charge in [-0.3, -0.25) is 0 Å². The Morgan fingerprint density at radius 2 is 1.30 bits per heavy atom. The Balaban J connectivity index is 3.29. The molecule has 0 spiro atoms. The Kier molecular flexibility index (Phi) is 15.5. The van der Waals surface area contributed by atoms with Crippen LogP contribution < -0.4 is 0 Å². The maximum Gasteiger partial charge on any atom is 0.330 e. The molecule has 136 valence electrons. The Morgan fingerprint density at radius 1 is 0.870 bits per heavy atom. The van der Waals surface area contributed by atoms with E-state index in [9.17, 15) is 4.79 Å². The molecule has 0 fully saturated rings. The van der Waals surface area contributed by atoms with Gasteiger partial charge in [0.15, 0.2) is 0 Å². The molecule has 2 heteroatoms. The molecule has 2 nitrogen and oxygen atoms in total. The van der Waals surface area contributed by atoms with Crippen LogP contribution in [0.5, 0.6) is 0 Å². The van der Waals surface area contributed by atoms with Gasteiger partial charge in [0.2, 0.25) is 0 Å². The number of aliphatic carboxylic acids is 1. The van der Waals surface area contributed by atoms with Crippen LogP contribution in [0.25, 0.3) is 0 Å². The van der Waals surface area contributed by atoms with Crippen molar-refractivity contribution in [3.05, 3.63) is 11.6 Å². The summed E-state index contributed by atoms with van der Waals surface area (Å²) in [7, 11) is 0. The summed E-state index contributed by atoms with van der Waals surface area (Å²) in [6.07, 6.45) is 20.7. The second kappa shape index (κ2) is 16.1. The molecule has 0 heterocycles. The van der Waals surface area contributed by atoms with Gasteiger partial charge in [0.05, 0.1) is 0 Å². The molecule has 0 aromatic rings. The van der Waals surface area contributed by atoms with E-state index in [1.807, 2.05) is 6.08 Å². The normalized spacial score (nSPS) is 13.3. The molecule has 0 rings (SSSR count). The van der Waals surface area contributed by atoms with Gasteiger partial charge < -0.3 is 5.11 Å². The van der Waals surface area contributed by atoms with Crippen LogP contribution in [0.2, 0.25) is 0 Å². The van der Waals surface area contributed by atoms with E-state index < -0.39 is 5.97 Å². The predicted molar refractivity (Wildman–Crippen MR) is 101 cm³/mol. The maximum atomic E-state index is 10.7. The molecular weight excluding hydrogens is 284 g/mol. The molecule has 0 amide bonds. The fourth-order valence-electron chi connectivity index (χ4n) is 2.92. The molecule has 0 bridgehead atoms. The minimum Gasteiger partial charge on any atom is -0.478 e. The van der Waals surface area contributed by atoms with Crippen molar-refractivity contribution in [2.75, 3.05) is 0 Å². The molecule has 0 radical (unpaired) electrons. The fourth-order valence-corrected chi connectivity index (χ4v) is 2.92. The second-order valence-corrected chi connectivity index (χ2v) is 7.21. The lowest BCUT2D eigenvalue weighted by molar-refractivity contribution is -0.132. The molecular formula is C21H40O2. The van der Waals surface area contributed by atoms with E-state index in [1.165, 1.54) is 83.5 Å². The molecule has 0 saturated carbocycles. The number of hydrogen-bond donors (Lipinski definition) is 1. The number of carboxylic acids is 1. The van der Waals surface area contributed by atoms with Crippen LogP contribution in [0.3, 0.4) is 0 Å². The highest BCUT2D eigenvalue weighted by molar-refractivity contribution is 5.85. The highest BCUT2D eigenvalue weighted by Gasteiger charge is 2.03. The molecule has 0 aliphatic rings. The van der Waals surface area contributed by atoms with Crippen LogP contribution in [-0.2, 0) is 4.79 Å². The SMILES string of the molecule is CCCCCCCCCCCCCCC(C)CC=C(C)C(=O)O. The number of allylic oxidation sites excluding steroid dienone is 1. The first-order valence-corrected chi connectivity index (χ1v) is 9.98. The van der Waals surface area contributed by atoms with E-state index in [2.05, 4.69) is 13.8 Å². The third-order valence-corrected chi connectivity index (χ3v) is 4.71. The first-order valence-electron chi connectivity index (χ1n) is 9.98. The van der Waals surface area contributed by atoms with Crippen LogP contribution in [0.15, 0.2) is 11.6 Å². The van der Waals surface area contributed by atoms with E-state index in [0.717, 1.165) is 6.42 Å². The van der Waals surface area contributed by atoms with Gasteiger partial charge in [0.25, 0.3) is 0 Å². The van der Waals surface area contributed by atoms with E-state index in [1.54, 1.807) is 6.92 Å². The smallest absolute Gasteiger partial charge is 0.330 e. The summed E-state index contributed by atoms with van der Waals surface area (Å²) >= 11 is 0. The lowest BCUT2D eigenvalue weighted by Gasteiger charge is -2.09. The average molecular weight is 325 g/mol. The predicted octanol–water partition coefficient (Wildman–Crippen LogP) is 7.13. The summed E-state index contributed by atoms with van der Waals surface area (Å²) < 4.78 is 0. The zero-order chi connectivity index (χ0) is 17.3. The molecule has 0 aliphatic carbocycles. The number of unbranched alkanes of at least 4 members (excludes halogenated alkanes) is 11. The van der Waals surface area contributed by atoms with Gasteiger partial charge in [-0.05, 0) is 19.3 Å². The Labute approximate surface area is 144 Å². The summed E-state index contributed by atoms with van der Waals surface area (Å²) in [6.45, 7) is 6.18. The lowest BCUT2D eigenvalue weighted by Crippen LogP contribution is -1.98. The van der Waals surface area contributed by atoms with Gasteiger partial charge in [0.1, 0.15) is 0 Å². The fraction of sp³-hybridized carbons (Fsp3) is 0.857. The van der Waals surface area contributed by atoms with Crippen molar-refractivity contribution in [1.82, 2.24) is 0 Å². The van der Waals surface area contributed by atoms with Crippen LogP contribution in [-0.4, -0.2) is 11.1 Å². The molecule has 0 aromatic heterocycles. The summed E-state index contributed by atoms with van der Waals surface area (Å²) in [5.41, 5.74) is 0.478. The number of carboxylic acid groups (broad SMARTS) is 1. The molecule has 1 N–H and O–H groups in total. The Morgan fingerprint density at radius 3 is 1.74 bits per heavy atom. The van der Waals surface area contributed by atoms with E-state index in [-0.39, 0.29) is 0 Å². The number of rotatable bonds is 16. The van der Waals surface area contributed by atoms with E-state index in [0.29, 0.717) is 11.5 Å². The van der Waals surface area contributed by atoms with Crippen LogP contribution >= 0.6 is 0 Å². The molecule has 1 atom stereocenters. The average Bonchev–Trinajstić information content (AvgIpc) is 2.53. The van der Waals surface area contributed by atoms with Gasteiger partial charge in [-0.2, -0.15) is 0 Å². The highest BCUT2D eigenvalue weighted by atomic mass is 16.4. The topological polar surface area (TPSA) is 37.3 Å². The van der Waals surface area contributed by atoms with Crippen molar-refractivity contribution in [2.45, 2.75) is 111 Å². The quantitative estimate of drug-likeness (QED) is 0.242. The minimum absolute atomic E-state index is 0.478. The molecule has 0 saturated heterocycles. The zero-order valence-corrected chi connectivity index (χ0v) is 15.9. The zero-order valence-electron chi connectivity index (χ0n) is 15.9. The minimum atomic E-state index is -0.789. The number of hydrogen-bond acceptors (Lipinski definition) is 1. The monoisotopic (exact) mass is 324 g/mol. The molecule has 0 aliphatic heterocycles. The van der Waals surface area contributed by atoms with E-state index in [4.69, 9.17) is 5.11 Å². The lowest BCUT2D eigenvalue weighted by atomic mass is 9.97. The van der Waals surface area contributed by atoms with Crippen molar-refractivity contribution >= 4 is 5.97 Å². The Hall–Kier alpha value is -0.790. The first kappa shape index (κ1) is 22.2. The van der Waals surface area contributed by atoms with Crippen molar-refractivity contribution in [3.63, 3.8) is 0 Å². The second-order valence-electron chi connectivity index (χ2n) is 7.21. The van der Waals surface area contributed by atoms with E-state index >= 15 is 0 Å². The van der Waals surface area contributed by atoms with Gasteiger partial charge in [0, 0.05) is 5.57 Å². The molecule has 1 unspecified atom stereocenters. The number of carbonyl (C=O) groups is 1. The maximum absolute atomic E-state index is 10.7. The summed E-state index contributed by atoms with van der Waals surface area (Å²) in [4.78, 5) is 10.7. The van der Waals surface area contributed by atoms with Gasteiger partial charge in [-0.25, -0.2) is 4.79 Å². The van der Waals surface area contributed by atoms with Gasteiger partial charge in [-0.1, -0.05) is 103 Å². The summed E-state index contributed by atoms with van der Waals surface area (Å²) in [5, 5.41) is 8.82. The van der Waals surface area contributed by atoms with Crippen molar-refractivity contribution < 1.29 is 9.90 Å². The molecule has 0 aromatic carbocycles. The van der Waals surface area contributed by atoms with Crippen molar-refractivity contribution in [1.29, 1.82) is 0 Å². The van der Waals surface area contributed by atoms with Crippen LogP contribution in [0.1, 0.15) is 111 Å². The van der Waals surface area contributed by atoms with Crippen LogP contribution in [0, 0.1) is 5.92 Å². The third kappa shape index (κ3) is 15.9. The highest BCUT2D eigenvalue weighted by Crippen LogP contribution is 2.17. The largest absolute Gasteiger partial charge is 0.478 e.